The molecule has 138 valence electrons. The summed E-state index contributed by atoms with van der Waals surface area (Å²) < 4.78 is 0. The smallest absolute Gasteiger partial charge is 0.152 e. The van der Waals surface area contributed by atoms with Gasteiger partial charge in [-0.05, 0) is 23.6 Å². The van der Waals surface area contributed by atoms with Crippen LogP contribution in [0.25, 0.3) is 11.3 Å². The Kier molecular flexibility index (Phi) is 5.42. The molecule has 3 aromatic rings. The summed E-state index contributed by atoms with van der Waals surface area (Å²) in [6.07, 6.45) is 4.51. The predicted molar refractivity (Wildman–Crippen MR) is 107 cm³/mol. The van der Waals surface area contributed by atoms with E-state index >= 15 is 0 Å². The number of aliphatic hydroxyl groups excluding tert-OH is 1. The number of hydrogen-bond donors (Lipinski definition) is 2. The van der Waals surface area contributed by atoms with Crippen molar-refractivity contribution in [3.63, 3.8) is 0 Å². The van der Waals surface area contributed by atoms with Crippen molar-refractivity contribution >= 4 is 5.82 Å². The van der Waals surface area contributed by atoms with Gasteiger partial charge in [0.15, 0.2) is 5.82 Å². The summed E-state index contributed by atoms with van der Waals surface area (Å²) in [5, 5.41) is 13.0. The van der Waals surface area contributed by atoms with Crippen molar-refractivity contribution in [3.05, 3.63) is 78.1 Å². The topological polar surface area (TPSA) is 61.3 Å². The third kappa shape index (κ3) is 4.32. The van der Waals surface area contributed by atoms with E-state index in [4.69, 9.17) is 0 Å². The Labute approximate surface area is 159 Å². The molecule has 0 bridgehead atoms. The lowest BCUT2D eigenvalue weighted by atomic mass is 10.1. The fraction of sp³-hybridized carbons (Fsp3) is 0.273. The standard InChI is InChI=1S/C22H24N4O/c27-16-18-7-4-8-19(13-18)21-22(24-11-10-23-21)25-20-9-12-26(15-20)14-17-5-2-1-3-6-17/h1-8,10-11,13,20,27H,9,12,14-16H2,(H,24,25)/t20-/m1/s1. The molecule has 1 aliphatic heterocycles. The van der Waals surface area contributed by atoms with Gasteiger partial charge in [0, 0.05) is 43.6 Å². The molecule has 0 amide bonds. The summed E-state index contributed by atoms with van der Waals surface area (Å²) in [4.78, 5) is 11.5. The molecule has 5 heteroatoms. The van der Waals surface area contributed by atoms with Crippen LogP contribution in [0.2, 0.25) is 0 Å². The summed E-state index contributed by atoms with van der Waals surface area (Å²) in [7, 11) is 0. The van der Waals surface area contributed by atoms with Crippen molar-refractivity contribution in [2.45, 2.75) is 25.6 Å². The first-order chi connectivity index (χ1) is 13.3. The average molecular weight is 360 g/mol. The van der Waals surface area contributed by atoms with E-state index in [1.54, 1.807) is 12.4 Å². The maximum atomic E-state index is 9.40. The quantitative estimate of drug-likeness (QED) is 0.706. The summed E-state index contributed by atoms with van der Waals surface area (Å²) >= 11 is 0. The molecule has 0 unspecified atom stereocenters. The minimum Gasteiger partial charge on any atom is -0.392 e. The zero-order chi connectivity index (χ0) is 18.5. The van der Waals surface area contributed by atoms with Crippen molar-refractivity contribution in [3.8, 4) is 11.3 Å². The Morgan fingerprint density at radius 1 is 1.00 bits per heavy atom. The molecule has 5 nitrogen and oxygen atoms in total. The minimum absolute atomic E-state index is 0.0218. The van der Waals surface area contributed by atoms with E-state index in [1.165, 1.54) is 5.56 Å². The number of aliphatic hydroxyl groups is 1. The van der Waals surface area contributed by atoms with Crippen molar-refractivity contribution < 1.29 is 5.11 Å². The number of benzene rings is 2. The first-order valence-corrected chi connectivity index (χ1v) is 9.36. The van der Waals surface area contributed by atoms with Gasteiger partial charge in [-0.3, -0.25) is 9.88 Å². The third-order valence-corrected chi connectivity index (χ3v) is 4.94. The van der Waals surface area contributed by atoms with Gasteiger partial charge < -0.3 is 10.4 Å². The Hall–Kier alpha value is -2.76. The normalized spacial score (nSPS) is 17.1. The molecule has 1 atom stereocenters. The largest absolute Gasteiger partial charge is 0.392 e. The van der Waals surface area contributed by atoms with Crippen molar-refractivity contribution in [2.75, 3.05) is 18.4 Å². The van der Waals surface area contributed by atoms with Gasteiger partial charge in [0.2, 0.25) is 0 Å². The van der Waals surface area contributed by atoms with E-state index < -0.39 is 0 Å². The molecular formula is C22H24N4O. The van der Waals surface area contributed by atoms with Crippen LogP contribution < -0.4 is 5.32 Å². The van der Waals surface area contributed by atoms with Crippen LogP contribution in [0, 0.1) is 0 Å². The highest BCUT2D eigenvalue weighted by atomic mass is 16.3. The third-order valence-electron chi connectivity index (χ3n) is 4.94. The second-order valence-corrected chi connectivity index (χ2v) is 6.96. The zero-order valence-corrected chi connectivity index (χ0v) is 15.3. The number of likely N-dealkylation sites (tertiary alicyclic amines) is 1. The molecule has 2 heterocycles. The molecule has 1 aliphatic rings. The zero-order valence-electron chi connectivity index (χ0n) is 15.3. The Morgan fingerprint density at radius 3 is 2.67 bits per heavy atom. The molecular weight excluding hydrogens is 336 g/mol. The number of hydrogen-bond acceptors (Lipinski definition) is 5. The van der Waals surface area contributed by atoms with E-state index in [0.717, 1.165) is 48.7 Å². The van der Waals surface area contributed by atoms with Crippen LogP contribution in [0.3, 0.4) is 0 Å². The van der Waals surface area contributed by atoms with Gasteiger partial charge in [-0.2, -0.15) is 0 Å². The molecule has 27 heavy (non-hydrogen) atoms. The highest BCUT2D eigenvalue weighted by Gasteiger charge is 2.23. The molecule has 0 saturated carbocycles. The number of anilines is 1. The lowest BCUT2D eigenvalue weighted by Crippen LogP contribution is -2.26. The lowest BCUT2D eigenvalue weighted by molar-refractivity contribution is 0.282. The molecule has 1 fully saturated rings. The maximum Gasteiger partial charge on any atom is 0.152 e. The van der Waals surface area contributed by atoms with Crippen molar-refractivity contribution in [1.29, 1.82) is 0 Å². The van der Waals surface area contributed by atoms with Gasteiger partial charge in [0.1, 0.15) is 5.69 Å². The molecule has 0 aliphatic carbocycles. The van der Waals surface area contributed by atoms with Crippen LogP contribution in [0.15, 0.2) is 67.0 Å². The SMILES string of the molecule is OCc1cccc(-c2nccnc2N[C@@H]2CCN(Cc3ccccc3)C2)c1. The average Bonchev–Trinajstić information content (AvgIpc) is 3.16. The van der Waals surface area contributed by atoms with E-state index in [9.17, 15) is 5.11 Å². The van der Waals surface area contributed by atoms with E-state index in [1.807, 2.05) is 24.3 Å². The number of aromatic nitrogens is 2. The van der Waals surface area contributed by atoms with Crippen molar-refractivity contribution in [2.24, 2.45) is 0 Å². The van der Waals surface area contributed by atoms with E-state index in [2.05, 4.69) is 50.5 Å². The lowest BCUT2D eigenvalue weighted by Gasteiger charge is -2.18. The molecule has 2 N–H and O–H groups in total. The highest BCUT2D eigenvalue weighted by Crippen LogP contribution is 2.26. The van der Waals surface area contributed by atoms with Gasteiger partial charge in [-0.25, -0.2) is 4.98 Å². The number of nitrogens with zero attached hydrogens (tertiary/aromatic N) is 3. The van der Waals surface area contributed by atoms with Gasteiger partial charge in [-0.1, -0.05) is 48.5 Å². The molecule has 0 spiro atoms. The minimum atomic E-state index is 0.0218. The second-order valence-electron chi connectivity index (χ2n) is 6.96. The van der Waals surface area contributed by atoms with Crippen LogP contribution in [-0.4, -0.2) is 39.1 Å². The second kappa shape index (κ2) is 8.29. The summed E-state index contributed by atoms with van der Waals surface area (Å²) in [5.41, 5.74) is 4.02. The van der Waals surface area contributed by atoms with Gasteiger partial charge in [0.05, 0.1) is 6.61 Å². The van der Waals surface area contributed by atoms with Gasteiger partial charge >= 0.3 is 0 Å². The van der Waals surface area contributed by atoms with Crippen LogP contribution in [-0.2, 0) is 13.2 Å². The molecule has 0 radical (unpaired) electrons. The fourth-order valence-electron chi connectivity index (χ4n) is 3.60. The van der Waals surface area contributed by atoms with Crippen LogP contribution >= 0.6 is 0 Å². The Morgan fingerprint density at radius 2 is 1.81 bits per heavy atom. The number of nitrogens with one attached hydrogen (secondary N) is 1. The van der Waals surface area contributed by atoms with E-state index in [-0.39, 0.29) is 6.61 Å². The first kappa shape index (κ1) is 17.6. The molecule has 4 rings (SSSR count). The van der Waals surface area contributed by atoms with Crippen LogP contribution in [0.1, 0.15) is 17.5 Å². The monoisotopic (exact) mass is 360 g/mol. The Bertz CT molecular complexity index is 884. The summed E-state index contributed by atoms with van der Waals surface area (Å²) in [6, 6.07) is 18.8. The molecule has 2 aromatic carbocycles. The summed E-state index contributed by atoms with van der Waals surface area (Å²) in [6.45, 7) is 3.06. The van der Waals surface area contributed by atoms with Crippen molar-refractivity contribution in [1.82, 2.24) is 14.9 Å². The number of rotatable bonds is 6. The van der Waals surface area contributed by atoms with Gasteiger partial charge in [-0.15, -0.1) is 0 Å². The van der Waals surface area contributed by atoms with Gasteiger partial charge in [0.25, 0.3) is 0 Å². The predicted octanol–water partition coefficient (Wildman–Crippen LogP) is 3.32. The molecule has 1 saturated heterocycles. The first-order valence-electron chi connectivity index (χ1n) is 9.36. The van der Waals surface area contributed by atoms with E-state index in [0.29, 0.717) is 6.04 Å². The van der Waals surface area contributed by atoms with Crippen LogP contribution in [0.4, 0.5) is 5.82 Å². The maximum absolute atomic E-state index is 9.40. The Balaban J connectivity index is 1.46. The fourth-order valence-corrected chi connectivity index (χ4v) is 3.60. The highest BCUT2D eigenvalue weighted by molar-refractivity contribution is 5.71. The summed E-state index contributed by atoms with van der Waals surface area (Å²) in [5.74, 6) is 0.805. The van der Waals surface area contributed by atoms with Crippen LogP contribution in [0.5, 0.6) is 0 Å². The molecule has 1 aromatic heterocycles.